The molecule has 0 saturated carbocycles. The van der Waals surface area contributed by atoms with Crippen LogP contribution in [0, 0.1) is 0 Å². The summed E-state index contributed by atoms with van der Waals surface area (Å²) in [5.74, 6) is 0.492. The van der Waals surface area contributed by atoms with Crippen molar-refractivity contribution in [2.45, 2.75) is 52.4 Å². The number of hydrogen-bond donors (Lipinski definition) is 1. The second-order valence-corrected chi connectivity index (χ2v) is 10.3. The summed E-state index contributed by atoms with van der Waals surface area (Å²) in [6, 6.07) is 11.6. The van der Waals surface area contributed by atoms with Crippen LogP contribution in [0.25, 0.3) is 11.1 Å². The fourth-order valence-electron chi connectivity index (χ4n) is 2.93. The summed E-state index contributed by atoms with van der Waals surface area (Å²) in [6.45, 7) is 12.7. The normalized spacial score (nSPS) is 20.1. The molecule has 0 amide bonds. The third-order valence-corrected chi connectivity index (χ3v) is 5.97. The third kappa shape index (κ3) is 2.92. The smallest absolute Gasteiger partial charge is 0.408 e. The molecule has 0 bridgehead atoms. The van der Waals surface area contributed by atoms with Gasteiger partial charge >= 0.3 is 7.60 Å². The molecule has 0 fully saturated rings. The van der Waals surface area contributed by atoms with Crippen molar-refractivity contribution in [3.63, 3.8) is 0 Å². The van der Waals surface area contributed by atoms with E-state index in [1.807, 2.05) is 24.3 Å². The molecule has 1 N–H and O–H groups in total. The van der Waals surface area contributed by atoms with Gasteiger partial charge in [0.25, 0.3) is 0 Å². The molecule has 0 aliphatic carbocycles. The highest BCUT2D eigenvalue weighted by molar-refractivity contribution is 7.62. The van der Waals surface area contributed by atoms with Gasteiger partial charge in [0, 0.05) is 11.1 Å². The van der Waals surface area contributed by atoms with Crippen LogP contribution in [0.5, 0.6) is 5.75 Å². The largest absolute Gasteiger partial charge is 0.421 e. The molecule has 128 valence electrons. The first-order valence-corrected chi connectivity index (χ1v) is 9.80. The van der Waals surface area contributed by atoms with E-state index in [1.165, 1.54) is 0 Å². The van der Waals surface area contributed by atoms with Crippen molar-refractivity contribution in [3.05, 3.63) is 47.5 Å². The molecule has 1 unspecified atom stereocenters. The second kappa shape index (κ2) is 5.21. The van der Waals surface area contributed by atoms with Crippen molar-refractivity contribution < 1.29 is 14.0 Å². The standard InChI is InChI=1S/C20H25O3P/c1-19(2,3)13-8-10-18-16(11-13)15-9-7-14(20(4,5)6)12-17(15)23-24(18,21)22/h7-12H,1-6H3,(H,21,22). The maximum Gasteiger partial charge on any atom is 0.408 e. The lowest BCUT2D eigenvalue weighted by Crippen LogP contribution is -2.21. The van der Waals surface area contributed by atoms with Crippen LogP contribution in [0.1, 0.15) is 52.7 Å². The zero-order valence-corrected chi connectivity index (χ0v) is 16.1. The minimum atomic E-state index is -3.85. The quantitative estimate of drug-likeness (QED) is 0.672. The van der Waals surface area contributed by atoms with Gasteiger partial charge in [-0.15, -0.1) is 0 Å². The average Bonchev–Trinajstić information content (AvgIpc) is 2.44. The minimum Gasteiger partial charge on any atom is -0.421 e. The first-order chi connectivity index (χ1) is 10.9. The van der Waals surface area contributed by atoms with Crippen molar-refractivity contribution in [3.8, 4) is 16.9 Å². The number of benzene rings is 2. The lowest BCUT2D eigenvalue weighted by Gasteiger charge is -2.29. The van der Waals surface area contributed by atoms with Crippen LogP contribution in [0.4, 0.5) is 0 Å². The summed E-state index contributed by atoms with van der Waals surface area (Å²) < 4.78 is 18.2. The van der Waals surface area contributed by atoms with E-state index in [4.69, 9.17) is 4.52 Å². The fourth-order valence-corrected chi connectivity index (χ4v) is 4.20. The Balaban J connectivity index is 2.26. The topological polar surface area (TPSA) is 46.5 Å². The highest BCUT2D eigenvalue weighted by atomic mass is 31.2. The van der Waals surface area contributed by atoms with E-state index in [0.717, 1.165) is 22.3 Å². The molecule has 0 radical (unpaired) electrons. The molecule has 3 nitrogen and oxygen atoms in total. The maximum atomic E-state index is 12.7. The molecular formula is C20H25O3P. The minimum absolute atomic E-state index is 0.0295. The molecule has 1 aliphatic heterocycles. The molecule has 2 aromatic rings. The molecule has 4 heteroatoms. The van der Waals surface area contributed by atoms with E-state index in [-0.39, 0.29) is 10.8 Å². The van der Waals surface area contributed by atoms with Crippen molar-refractivity contribution in [1.29, 1.82) is 0 Å². The van der Waals surface area contributed by atoms with Gasteiger partial charge in [0.2, 0.25) is 0 Å². The number of hydrogen-bond acceptors (Lipinski definition) is 2. The van der Waals surface area contributed by atoms with Crippen LogP contribution in [0.15, 0.2) is 36.4 Å². The number of rotatable bonds is 0. The number of fused-ring (bicyclic) bond motifs is 3. The Hall–Kier alpha value is -1.57. The van der Waals surface area contributed by atoms with Crippen LogP contribution in [-0.4, -0.2) is 4.89 Å². The van der Waals surface area contributed by atoms with Gasteiger partial charge in [0.05, 0.1) is 5.30 Å². The molecule has 1 atom stereocenters. The Morgan fingerprint density at radius 3 is 1.96 bits per heavy atom. The van der Waals surface area contributed by atoms with E-state index >= 15 is 0 Å². The lowest BCUT2D eigenvalue weighted by atomic mass is 9.84. The van der Waals surface area contributed by atoms with Crippen molar-refractivity contribution in [2.24, 2.45) is 0 Å². The van der Waals surface area contributed by atoms with Gasteiger partial charge in [-0.05, 0) is 40.2 Å². The lowest BCUT2D eigenvalue weighted by molar-refractivity contribution is 0.391. The van der Waals surface area contributed by atoms with Crippen molar-refractivity contribution >= 4 is 12.9 Å². The summed E-state index contributed by atoms with van der Waals surface area (Å²) in [5.41, 5.74) is 3.81. The first kappa shape index (κ1) is 17.3. The molecule has 1 aliphatic rings. The predicted octanol–water partition coefficient (Wildman–Crippen LogP) is 5.15. The molecule has 0 spiro atoms. The van der Waals surface area contributed by atoms with Crippen LogP contribution in [-0.2, 0) is 15.4 Å². The Labute approximate surface area is 144 Å². The van der Waals surface area contributed by atoms with Gasteiger partial charge in [-0.1, -0.05) is 59.7 Å². The van der Waals surface area contributed by atoms with Crippen LogP contribution >= 0.6 is 7.60 Å². The van der Waals surface area contributed by atoms with E-state index in [9.17, 15) is 9.46 Å². The van der Waals surface area contributed by atoms with Crippen molar-refractivity contribution in [2.75, 3.05) is 0 Å². The van der Waals surface area contributed by atoms with E-state index < -0.39 is 7.60 Å². The fraction of sp³-hybridized carbons (Fsp3) is 0.400. The molecular weight excluding hydrogens is 319 g/mol. The third-order valence-electron chi connectivity index (χ3n) is 4.53. The summed E-state index contributed by atoms with van der Waals surface area (Å²) in [7, 11) is -3.85. The predicted molar refractivity (Wildman–Crippen MR) is 99.4 cm³/mol. The maximum absolute atomic E-state index is 12.7. The Bertz CT molecular complexity index is 854. The molecule has 24 heavy (non-hydrogen) atoms. The Morgan fingerprint density at radius 2 is 1.38 bits per heavy atom. The van der Waals surface area contributed by atoms with E-state index in [0.29, 0.717) is 11.1 Å². The molecule has 0 saturated heterocycles. The highest BCUT2D eigenvalue weighted by Crippen LogP contribution is 2.52. The zero-order valence-electron chi connectivity index (χ0n) is 15.2. The van der Waals surface area contributed by atoms with Gasteiger partial charge in [-0.2, -0.15) is 0 Å². The van der Waals surface area contributed by atoms with Gasteiger partial charge in [0.15, 0.2) is 0 Å². The summed E-state index contributed by atoms with van der Waals surface area (Å²) in [5, 5.41) is 0.381. The zero-order chi connectivity index (χ0) is 17.9. The van der Waals surface area contributed by atoms with Crippen LogP contribution in [0.2, 0.25) is 0 Å². The summed E-state index contributed by atoms with van der Waals surface area (Å²) >= 11 is 0. The van der Waals surface area contributed by atoms with Gasteiger partial charge in [-0.3, -0.25) is 0 Å². The SMILES string of the molecule is CC(C)(C)c1ccc2c(c1)OP(=O)(O)c1ccc(C(C)(C)C)cc1-2. The first-order valence-electron chi connectivity index (χ1n) is 8.22. The molecule has 3 rings (SSSR count). The summed E-state index contributed by atoms with van der Waals surface area (Å²) in [6.07, 6.45) is 0. The van der Waals surface area contributed by atoms with Gasteiger partial charge in [-0.25, -0.2) is 4.57 Å². The molecule has 2 aromatic carbocycles. The van der Waals surface area contributed by atoms with E-state index in [2.05, 4.69) is 47.6 Å². The Morgan fingerprint density at radius 1 is 0.833 bits per heavy atom. The van der Waals surface area contributed by atoms with Crippen LogP contribution in [0.3, 0.4) is 0 Å². The van der Waals surface area contributed by atoms with Gasteiger partial charge in [0.1, 0.15) is 5.75 Å². The Kier molecular flexibility index (Phi) is 3.75. The van der Waals surface area contributed by atoms with Crippen molar-refractivity contribution in [1.82, 2.24) is 0 Å². The van der Waals surface area contributed by atoms with Gasteiger partial charge < -0.3 is 9.42 Å². The average molecular weight is 344 g/mol. The monoisotopic (exact) mass is 344 g/mol. The molecule has 1 heterocycles. The highest BCUT2D eigenvalue weighted by Gasteiger charge is 2.35. The van der Waals surface area contributed by atoms with E-state index in [1.54, 1.807) is 6.07 Å². The van der Waals surface area contributed by atoms with Crippen LogP contribution < -0.4 is 9.83 Å². The summed E-state index contributed by atoms with van der Waals surface area (Å²) in [4.78, 5) is 10.4. The molecule has 0 aromatic heterocycles. The second-order valence-electron chi connectivity index (χ2n) is 8.55.